The first-order valence-corrected chi connectivity index (χ1v) is 9.09. The molecule has 1 aromatic carbocycles. The fourth-order valence-electron chi connectivity index (χ4n) is 2.09. The number of nitrogens with zero attached hydrogens (tertiary/aromatic N) is 1. The van der Waals surface area contributed by atoms with Crippen LogP contribution in [0.4, 0.5) is 5.69 Å². The molecule has 0 unspecified atom stereocenters. The molecule has 0 aliphatic carbocycles. The number of thiocarbonyl (C=S) groups is 1. The van der Waals surface area contributed by atoms with E-state index in [2.05, 4.69) is 23.1 Å². The molecule has 0 aromatic heterocycles. The SMILES string of the molecule is CCCCCCCC(=O)NC(=S)NNC(=O)COc1ccc([N+](=O)[O-])cc1. The minimum absolute atomic E-state index is 0.00255. The van der Waals surface area contributed by atoms with Gasteiger partial charge in [-0.15, -0.1) is 0 Å². The van der Waals surface area contributed by atoms with Crippen molar-refractivity contribution in [2.75, 3.05) is 6.61 Å². The van der Waals surface area contributed by atoms with Crippen LogP contribution in [-0.4, -0.2) is 28.5 Å². The minimum atomic E-state index is -0.527. The average Bonchev–Trinajstić information content (AvgIpc) is 2.64. The highest BCUT2D eigenvalue weighted by atomic mass is 32.1. The van der Waals surface area contributed by atoms with Crippen molar-refractivity contribution >= 4 is 34.8 Å². The molecule has 9 nitrogen and oxygen atoms in total. The number of hydrazine groups is 1. The van der Waals surface area contributed by atoms with Gasteiger partial charge in [0.15, 0.2) is 11.7 Å². The average molecular weight is 396 g/mol. The number of nitro benzene ring substituents is 1. The summed E-state index contributed by atoms with van der Waals surface area (Å²) in [5.41, 5.74) is 4.64. The second-order valence-electron chi connectivity index (χ2n) is 5.75. The number of nitrogens with one attached hydrogen (secondary N) is 3. The van der Waals surface area contributed by atoms with Crippen LogP contribution in [0, 0.1) is 10.1 Å². The third-order valence-electron chi connectivity index (χ3n) is 3.49. The lowest BCUT2D eigenvalue weighted by molar-refractivity contribution is -0.384. The molecule has 10 heteroatoms. The Bertz CT molecular complexity index is 651. The Morgan fingerprint density at radius 3 is 2.37 bits per heavy atom. The van der Waals surface area contributed by atoms with E-state index in [-0.39, 0.29) is 23.3 Å². The van der Waals surface area contributed by atoms with Crippen molar-refractivity contribution in [3.05, 3.63) is 34.4 Å². The van der Waals surface area contributed by atoms with Gasteiger partial charge in [0.25, 0.3) is 11.6 Å². The molecule has 0 radical (unpaired) electrons. The first kappa shape index (κ1) is 22.3. The van der Waals surface area contributed by atoms with Crippen LogP contribution >= 0.6 is 12.2 Å². The van der Waals surface area contributed by atoms with Crippen molar-refractivity contribution in [3.8, 4) is 5.75 Å². The van der Waals surface area contributed by atoms with E-state index in [1.165, 1.54) is 24.3 Å². The molecular formula is C17H24N4O5S. The van der Waals surface area contributed by atoms with E-state index in [9.17, 15) is 19.7 Å². The molecule has 1 rings (SSSR count). The van der Waals surface area contributed by atoms with Crippen molar-refractivity contribution in [3.63, 3.8) is 0 Å². The molecule has 3 N–H and O–H groups in total. The van der Waals surface area contributed by atoms with Gasteiger partial charge in [-0.05, 0) is 30.8 Å². The number of benzene rings is 1. The summed E-state index contributed by atoms with van der Waals surface area (Å²) in [7, 11) is 0. The molecule has 0 heterocycles. The van der Waals surface area contributed by atoms with E-state index < -0.39 is 10.8 Å². The number of unbranched alkanes of at least 4 members (excludes halogenated alkanes) is 4. The Morgan fingerprint density at radius 1 is 1.07 bits per heavy atom. The summed E-state index contributed by atoms with van der Waals surface area (Å²) in [6, 6.07) is 5.34. The molecule has 0 aliphatic rings. The van der Waals surface area contributed by atoms with E-state index in [1.807, 2.05) is 0 Å². The predicted octanol–water partition coefficient (Wildman–Crippen LogP) is 2.36. The maximum absolute atomic E-state index is 11.7. The van der Waals surface area contributed by atoms with Gasteiger partial charge in [0.05, 0.1) is 4.92 Å². The number of carbonyl (C=O) groups is 2. The highest BCUT2D eigenvalue weighted by molar-refractivity contribution is 7.80. The summed E-state index contributed by atoms with van der Waals surface area (Å²) in [6.07, 6.45) is 5.59. The molecule has 0 saturated carbocycles. The number of nitro groups is 1. The number of rotatable bonds is 10. The van der Waals surface area contributed by atoms with Gasteiger partial charge in [-0.3, -0.25) is 30.6 Å². The molecular weight excluding hydrogens is 372 g/mol. The Hall–Kier alpha value is -2.75. The standard InChI is InChI=1S/C17H24N4O5S/c1-2-3-4-5-6-7-15(22)18-17(27)20-19-16(23)12-26-14-10-8-13(9-11-14)21(24)25/h8-11H,2-7,12H2,1H3,(H,19,23)(H2,18,20,22,27). The highest BCUT2D eigenvalue weighted by Crippen LogP contribution is 2.16. The van der Waals surface area contributed by atoms with Crippen LogP contribution in [0.1, 0.15) is 45.4 Å². The van der Waals surface area contributed by atoms with Crippen LogP contribution < -0.4 is 20.9 Å². The quantitative estimate of drug-likeness (QED) is 0.240. The summed E-state index contributed by atoms with van der Waals surface area (Å²) < 4.78 is 5.20. The lowest BCUT2D eigenvalue weighted by Crippen LogP contribution is -2.49. The van der Waals surface area contributed by atoms with Gasteiger partial charge >= 0.3 is 0 Å². The van der Waals surface area contributed by atoms with Gasteiger partial charge in [0.2, 0.25) is 5.91 Å². The molecule has 0 spiro atoms. The second-order valence-corrected chi connectivity index (χ2v) is 6.16. The van der Waals surface area contributed by atoms with Crippen molar-refractivity contribution < 1.29 is 19.2 Å². The maximum atomic E-state index is 11.7. The van der Waals surface area contributed by atoms with E-state index in [1.54, 1.807) is 0 Å². The fourth-order valence-corrected chi connectivity index (χ4v) is 2.25. The van der Waals surface area contributed by atoms with Crippen molar-refractivity contribution in [1.82, 2.24) is 16.2 Å². The monoisotopic (exact) mass is 396 g/mol. The lowest BCUT2D eigenvalue weighted by Gasteiger charge is -2.11. The van der Waals surface area contributed by atoms with Gasteiger partial charge in [-0.2, -0.15) is 0 Å². The fraction of sp³-hybridized carbons (Fsp3) is 0.471. The highest BCUT2D eigenvalue weighted by Gasteiger charge is 2.08. The van der Waals surface area contributed by atoms with Crippen molar-refractivity contribution in [2.45, 2.75) is 45.4 Å². The number of non-ortho nitro benzene ring substituents is 1. The van der Waals surface area contributed by atoms with Gasteiger partial charge in [0, 0.05) is 18.6 Å². The van der Waals surface area contributed by atoms with Crippen LogP contribution in [0.2, 0.25) is 0 Å². The topological polar surface area (TPSA) is 123 Å². The summed E-state index contributed by atoms with van der Waals surface area (Å²) in [5, 5.41) is 13.0. The first-order chi connectivity index (χ1) is 12.9. The molecule has 0 atom stereocenters. The second kappa shape index (κ2) is 12.6. The van der Waals surface area contributed by atoms with E-state index >= 15 is 0 Å². The zero-order valence-corrected chi connectivity index (χ0v) is 16.0. The molecule has 0 aliphatic heterocycles. The normalized spacial score (nSPS) is 9.96. The zero-order valence-electron chi connectivity index (χ0n) is 15.2. The van der Waals surface area contributed by atoms with Crippen LogP contribution in [0.3, 0.4) is 0 Å². The minimum Gasteiger partial charge on any atom is -0.484 e. The molecule has 27 heavy (non-hydrogen) atoms. The number of hydrogen-bond acceptors (Lipinski definition) is 6. The van der Waals surface area contributed by atoms with Crippen LogP contribution in [-0.2, 0) is 9.59 Å². The van der Waals surface area contributed by atoms with Crippen molar-refractivity contribution in [1.29, 1.82) is 0 Å². The molecule has 0 bridgehead atoms. The lowest BCUT2D eigenvalue weighted by atomic mass is 10.1. The van der Waals surface area contributed by atoms with Gasteiger partial charge in [-0.25, -0.2) is 0 Å². The summed E-state index contributed by atoms with van der Waals surface area (Å²) in [5.74, 6) is -0.417. The number of amides is 2. The summed E-state index contributed by atoms with van der Waals surface area (Å²) in [4.78, 5) is 33.4. The Labute approximate surface area is 163 Å². The van der Waals surface area contributed by atoms with Crippen LogP contribution in [0.25, 0.3) is 0 Å². The molecule has 1 aromatic rings. The Morgan fingerprint density at radius 2 is 1.74 bits per heavy atom. The summed E-state index contributed by atoms with van der Waals surface area (Å²) in [6.45, 7) is 1.81. The summed E-state index contributed by atoms with van der Waals surface area (Å²) >= 11 is 4.92. The van der Waals surface area contributed by atoms with Gasteiger partial charge < -0.3 is 10.1 Å². The van der Waals surface area contributed by atoms with Crippen LogP contribution in [0.5, 0.6) is 5.75 Å². The number of ether oxygens (including phenoxy) is 1. The Balaban J connectivity index is 2.18. The largest absolute Gasteiger partial charge is 0.484 e. The van der Waals surface area contributed by atoms with Crippen LogP contribution in [0.15, 0.2) is 24.3 Å². The third-order valence-corrected chi connectivity index (χ3v) is 3.70. The number of hydrogen-bond donors (Lipinski definition) is 3. The maximum Gasteiger partial charge on any atom is 0.276 e. The van der Waals surface area contributed by atoms with E-state index in [0.29, 0.717) is 12.2 Å². The molecule has 148 valence electrons. The van der Waals surface area contributed by atoms with Gasteiger partial charge in [-0.1, -0.05) is 32.6 Å². The zero-order chi connectivity index (χ0) is 20.1. The smallest absolute Gasteiger partial charge is 0.276 e. The Kier molecular flexibility index (Phi) is 10.4. The predicted molar refractivity (Wildman–Crippen MR) is 104 cm³/mol. The number of carbonyl (C=O) groups excluding carboxylic acids is 2. The first-order valence-electron chi connectivity index (χ1n) is 8.68. The third kappa shape index (κ3) is 10.1. The molecule has 2 amide bonds. The van der Waals surface area contributed by atoms with E-state index in [4.69, 9.17) is 17.0 Å². The molecule has 0 fully saturated rings. The van der Waals surface area contributed by atoms with Crippen molar-refractivity contribution in [2.24, 2.45) is 0 Å². The van der Waals surface area contributed by atoms with Gasteiger partial charge in [0.1, 0.15) is 5.75 Å². The van der Waals surface area contributed by atoms with E-state index in [0.717, 1.165) is 32.1 Å². The molecule has 0 saturated heterocycles.